The van der Waals surface area contributed by atoms with Crippen LogP contribution < -0.4 is 5.32 Å². The van der Waals surface area contributed by atoms with Crippen LogP contribution in [0.2, 0.25) is 0 Å². The first-order valence-corrected chi connectivity index (χ1v) is 5.72. The molecule has 1 aliphatic heterocycles. The van der Waals surface area contributed by atoms with E-state index >= 15 is 0 Å². The van der Waals surface area contributed by atoms with Crippen LogP contribution in [0.4, 0.5) is 4.79 Å². The first kappa shape index (κ1) is 14.3. The highest BCUT2D eigenvalue weighted by atomic mass is 16.5. The fraction of sp³-hybridized carbons (Fsp3) is 0.727. The molecule has 1 rings (SSSR count). The number of carbonyl (C=O) groups excluding carboxylic acids is 2. The van der Waals surface area contributed by atoms with Crippen LogP contribution in [0.25, 0.3) is 0 Å². The summed E-state index contributed by atoms with van der Waals surface area (Å²) >= 11 is 0. The second-order valence-corrected chi connectivity index (χ2v) is 4.63. The van der Waals surface area contributed by atoms with E-state index < -0.39 is 23.4 Å². The molecule has 1 atom stereocenters. The number of likely N-dealkylation sites (tertiary alicyclic amines) is 1. The summed E-state index contributed by atoms with van der Waals surface area (Å²) in [6.45, 7) is 2.05. The van der Waals surface area contributed by atoms with Crippen molar-refractivity contribution in [3.63, 3.8) is 0 Å². The van der Waals surface area contributed by atoms with Gasteiger partial charge in [-0.1, -0.05) is 0 Å². The smallest absolute Gasteiger partial charge is 0.325 e. The Labute approximate surface area is 105 Å². The molecule has 18 heavy (non-hydrogen) atoms. The number of rotatable bonds is 3. The quantitative estimate of drug-likeness (QED) is 0.698. The summed E-state index contributed by atoms with van der Waals surface area (Å²) < 4.78 is 4.40. The number of aliphatic carboxylic acids is 1. The topological polar surface area (TPSA) is 95.9 Å². The van der Waals surface area contributed by atoms with E-state index in [4.69, 9.17) is 5.11 Å². The van der Waals surface area contributed by atoms with Crippen LogP contribution in [0, 0.1) is 5.41 Å². The maximum absolute atomic E-state index is 11.7. The van der Waals surface area contributed by atoms with Gasteiger partial charge < -0.3 is 20.1 Å². The molecule has 0 spiro atoms. The minimum Gasteiger partial charge on any atom is -0.481 e. The number of urea groups is 1. The normalized spacial score (nSPS) is 23.3. The minimum atomic E-state index is -0.916. The average Bonchev–Trinajstić information content (AvgIpc) is 2.35. The van der Waals surface area contributed by atoms with Gasteiger partial charge in [-0.05, 0) is 19.8 Å². The lowest BCUT2D eigenvalue weighted by Gasteiger charge is -2.37. The largest absolute Gasteiger partial charge is 0.481 e. The number of nitrogens with one attached hydrogen (secondary N) is 1. The summed E-state index contributed by atoms with van der Waals surface area (Å²) in [5, 5.41) is 11.5. The van der Waals surface area contributed by atoms with Gasteiger partial charge in [-0.3, -0.25) is 9.59 Å². The zero-order valence-electron chi connectivity index (χ0n) is 10.6. The summed E-state index contributed by atoms with van der Waals surface area (Å²) in [4.78, 5) is 35.2. The number of piperidine rings is 1. The number of carboxylic acid groups (broad SMARTS) is 1. The lowest BCUT2D eigenvalue weighted by Crippen LogP contribution is -2.52. The molecule has 0 aromatic rings. The standard InChI is InChI=1S/C11H18N2O5/c1-11(9(15)16)4-3-5-13(7-11)10(17)12-6-8(14)18-2/h3-7H2,1-2H3,(H,12,17)(H,15,16). The van der Waals surface area contributed by atoms with Gasteiger partial charge in [-0.25, -0.2) is 4.79 Å². The molecule has 1 heterocycles. The Kier molecular flexibility index (Phi) is 4.52. The van der Waals surface area contributed by atoms with Crippen LogP contribution >= 0.6 is 0 Å². The summed E-state index contributed by atoms with van der Waals surface area (Å²) in [6.07, 6.45) is 1.18. The number of hydrogen-bond donors (Lipinski definition) is 2. The van der Waals surface area contributed by atoms with Crippen molar-refractivity contribution in [1.29, 1.82) is 0 Å². The Hall–Kier alpha value is -1.79. The molecule has 2 amide bonds. The molecule has 0 aromatic heterocycles. The lowest BCUT2D eigenvalue weighted by atomic mass is 9.82. The van der Waals surface area contributed by atoms with Gasteiger partial charge in [-0.2, -0.15) is 0 Å². The molecule has 2 N–H and O–H groups in total. The Bertz CT molecular complexity index is 357. The zero-order valence-corrected chi connectivity index (χ0v) is 10.6. The third-order valence-electron chi connectivity index (χ3n) is 3.11. The van der Waals surface area contributed by atoms with Crippen molar-refractivity contribution in [3.05, 3.63) is 0 Å². The fourth-order valence-corrected chi connectivity index (χ4v) is 1.92. The van der Waals surface area contributed by atoms with Gasteiger partial charge >= 0.3 is 18.0 Å². The van der Waals surface area contributed by atoms with Crippen molar-refractivity contribution >= 4 is 18.0 Å². The van der Waals surface area contributed by atoms with Crippen molar-refractivity contribution < 1.29 is 24.2 Å². The lowest BCUT2D eigenvalue weighted by molar-refractivity contribution is -0.150. The molecule has 7 heteroatoms. The highest BCUT2D eigenvalue weighted by Crippen LogP contribution is 2.29. The summed E-state index contributed by atoms with van der Waals surface area (Å²) in [5.41, 5.74) is -0.916. The fourth-order valence-electron chi connectivity index (χ4n) is 1.92. The summed E-state index contributed by atoms with van der Waals surface area (Å²) in [6, 6.07) is -0.437. The molecule has 0 aliphatic carbocycles. The van der Waals surface area contributed by atoms with Crippen LogP contribution in [-0.2, 0) is 14.3 Å². The maximum atomic E-state index is 11.7. The van der Waals surface area contributed by atoms with E-state index in [2.05, 4.69) is 10.1 Å². The Morgan fingerprint density at radius 1 is 1.44 bits per heavy atom. The number of carboxylic acids is 1. The van der Waals surface area contributed by atoms with Crippen LogP contribution in [-0.4, -0.2) is 54.7 Å². The van der Waals surface area contributed by atoms with Gasteiger partial charge in [0.15, 0.2) is 0 Å². The van der Waals surface area contributed by atoms with Crippen molar-refractivity contribution in [3.8, 4) is 0 Å². The highest BCUT2D eigenvalue weighted by Gasteiger charge is 2.39. The molecule has 0 bridgehead atoms. The van der Waals surface area contributed by atoms with E-state index in [9.17, 15) is 14.4 Å². The van der Waals surface area contributed by atoms with Crippen LogP contribution in [0.15, 0.2) is 0 Å². The van der Waals surface area contributed by atoms with Crippen LogP contribution in [0.3, 0.4) is 0 Å². The molecule has 0 saturated carbocycles. The van der Waals surface area contributed by atoms with Gasteiger partial charge in [0.05, 0.1) is 12.5 Å². The molecule has 0 aromatic carbocycles. The zero-order chi connectivity index (χ0) is 13.8. The molecule has 1 unspecified atom stereocenters. The molecule has 102 valence electrons. The summed E-state index contributed by atoms with van der Waals surface area (Å²) in [7, 11) is 1.23. The van der Waals surface area contributed by atoms with E-state index in [0.29, 0.717) is 19.4 Å². The van der Waals surface area contributed by atoms with Gasteiger partial charge in [0, 0.05) is 13.1 Å². The van der Waals surface area contributed by atoms with Crippen molar-refractivity contribution in [2.75, 3.05) is 26.7 Å². The molecular formula is C11H18N2O5. The van der Waals surface area contributed by atoms with E-state index in [1.807, 2.05) is 0 Å². The first-order chi connectivity index (χ1) is 8.39. The third-order valence-corrected chi connectivity index (χ3v) is 3.11. The van der Waals surface area contributed by atoms with E-state index in [-0.39, 0.29) is 13.1 Å². The molecular weight excluding hydrogens is 240 g/mol. The van der Waals surface area contributed by atoms with Crippen molar-refractivity contribution in [2.24, 2.45) is 5.41 Å². The number of esters is 1. The number of methoxy groups -OCH3 is 1. The second kappa shape index (κ2) is 5.70. The van der Waals surface area contributed by atoms with Gasteiger partial charge in [0.2, 0.25) is 0 Å². The maximum Gasteiger partial charge on any atom is 0.325 e. The van der Waals surface area contributed by atoms with Gasteiger partial charge in [0.1, 0.15) is 6.54 Å². The number of carbonyl (C=O) groups is 3. The Balaban J connectivity index is 2.53. The van der Waals surface area contributed by atoms with Gasteiger partial charge in [0.25, 0.3) is 0 Å². The molecule has 7 nitrogen and oxygen atoms in total. The Morgan fingerprint density at radius 3 is 2.67 bits per heavy atom. The monoisotopic (exact) mass is 258 g/mol. The van der Waals surface area contributed by atoms with Crippen LogP contribution in [0.5, 0.6) is 0 Å². The first-order valence-electron chi connectivity index (χ1n) is 5.72. The SMILES string of the molecule is COC(=O)CNC(=O)N1CCCC(C)(C(=O)O)C1. The predicted octanol–water partition coefficient (Wildman–Crippen LogP) is 0.0557. The van der Waals surface area contributed by atoms with Crippen LogP contribution in [0.1, 0.15) is 19.8 Å². The highest BCUT2D eigenvalue weighted by molar-refractivity contribution is 5.82. The molecule has 1 fully saturated rings. The third kappa shape index (κ3) is 3.35. The van der Waals surface area contributed by atoms with E-state index in [1.54, 1.807) is 6.92 Å². The minimum absolute atomic E-state index is 0.148. The molecule has 0 radical (unpaired) electrons. The summed E-state index contributed by atoms with van der Waals surface area (Å²) in [5.74, 6) is -1.45. The van der Waals surface area contributed by atoms with E-state index in [1.165, 1.54) is 12.0 Å². The molecule has 1 aliphatic rings. The predicted molar refractivity (Wildman–Crippen MR) is 62.0 cm³/mol. The Morgan fingerprint density at radius 2 is 2.11 bits per heavy atom. The van der Waals surface area contributed by atoms with Crippen molar-refractivity contribution in [1.82, 2.24) is 10.2 Å². The number of nitrogens with zero attached hydrogens (tertiary/aromatic N) is 1. The number of amides is 2. The molecule has 1 saturated heterocycles. The average molecular weight is 258 g/mol. The van der Waals surface area contributed by atoms with Gasteiger partial charge in [-0.15, -0.1) is 0 Å². The second-order valence-electron chi connectivity index (χ2n) is 4.63. The number of hydrogen-bond acceptors (Lipinski definition) is 4. The number of ether oxygens (including phenoxy) is 1. The van der Waals surface area contributed by atoms with Crippen molar-refractivity contribution in [2.45, 2.75) is 19.8 Å². The van der Waals surface area contributed by atoms with E-state index in [0.717, 1.165) is 0 Å².